The molecule has 0 aliphatic carbocycles. The number of anilines is 2. The largest absolute Gasteiger partial charge is 0.359 e. The quantitative estimate of drug-likeness (QED) is 0.416. The van der Waals surface area contributed by atoms with Gasteiger partial charge in [0.1, 0.15) is 15.2 Å². The number of nitrogens with one attached hydrogen (secondary N) is 2. The number of pyridine rings is 1. The molecular formula is C20H19IN4O3. The number of nitrogens with zero attached hydrogens (tertiary/aromatic N) is 2. The van der Waals surface area contributed by atoms with Crippen molar-refractivity contribution in [1.29, 1.82) is 0 Å². The molecule has 1 aromatic carbocycles. The molecular weight excluding hydrogens is 471 g/mol. The Bertz CT molecular complexity index is 1010. The highest BCUT2D eigenvalue weighted by Crippen LogP contribution is 2.24. The van der Waals surface area contributed by atoms with Gasteiger partial charge < -0.3 is 15.2 Å². The fraction of sp³-hybridized carbons (Fsp3) is 0.200. The van der Waals surface area contributed by atoms with E-state index >= 15 is 0 Å². The summed E-state index contributed by atoms with van der Waals surface area (Å²) in [6, 6.07) is 13.5. The molecule has 0 spiro atoms. The second-order valence-electron chi connectivity index (χ2n) is 7.16. The summed E-state index contributed by atoms with van der Waals surface area (Å²) in [6.07, 6.45) is 0. The second-order valence-corrected chi connectivity index (χ2v) is 8.26. The minimum Gasteiger partial charge on any atom is -0.359 e. The van der Waals surface area contributed by atoms with Gasteiger partial charge in [-0.2, -0.15) is 0 Å². The Morgan fingerprint density at radius 2 is 1.71 bits per heavy atom. The molecule has 0 unspecified atom stereocenters. The average molecular weight is 490 g/mol. The summed E-state index contributed by atoms with van der Waals surface area (Å²) in [7, 11) is 0. The third-order valence-electron chi connectivity index (χ3n) is 3.84. The van der Waals surface area contributed by atoms with Crippen molar-refractivity contribution in [2.75, 3.05) is 10.6 Å². The topological polar surface area (TPSA) is 97.1 Å². The van der Waals surface area contributed by atoms with Gasteiger partial charge in [0.2, 0.25) is 0 Å². The van der Waals surface area contributed by atoms with Gasteiger partial charge in [-0.1, -0.05) is 32.0 Å². The molecule has 0 fully saturated rings. The average Bonchev–Trinajstić information content (AvgIpc) is 3.11. The van der Waals surface area contributed by atoms with Gasteiger partial charge in [-0.25, -0.2) is 4.98 Å². The van der Waals surface area contributed by atoms with Crippen LogP contribution in [0.25, 0.3) is 0 Å². The van der Waals surface area contributed by atoms with Gasteiger partial charge in [-0.3, -0.25) is 9.59 Å². The van der Waals surface area contributed by atoms with Crippen LogP contribution in [0, 0.1) is 3.70 Å². The molecule has 2 aromatic heterocycles. The van der Waals surface area contributed by atoms with Gasteiger partial charge in [0, 0.05) is 22.7 Å². The summed E-state index contributed by atoms with van der Waals surface area (Å²) in [4.78, 5) is 28.8. The lowest BCUT2D eigenvalue weighted by atomic mass is 9.93. The highest BCUT2D eigenvalue weighted by Gasteiger charge is 2.20. The molecule has 8 heteroatoms. The van der Waals surface area contributed by atoms with Crippen molar-refractivity contribution >= 4 is 45.9 Å². The Labute approximate surface area is 176 Å². The van der Waals surface area contributed by atoms with Crippen LogP contribution in [0.15, 0.2) is 53.1 Å². The molecule has 0 atom stereocenters. The van der Waals surface area contributed by atoms with Gasteiger partial charge in [-0.05, 0) is 59.0 Å². The number of carbonyl (C=O) groups is 2. The van der Waals surface area contributed by atoms with Crippen molar-refractivity contribution in [2.24, 2.45) is 0 Å². The molecule has 0 aliphatic heterocycles. The SMILES string of the molecule is CC(C)(C)c1cc(NC(=O)c2ccc(NC(=O)c3cccc(I)n3)cc2)no1. The molecule has 2 amide bonds. The predicted octanol–water partition coefficient (Wildman–Crippen LogP) is 4.48. The van der Waals surface area contributed by atoms with E-state index in [0.29, 0.717) is 28.5 Å². The van der Waals surface area contributed by atoms with Gasteiger partial charge in [0.05, 0.1) is 0 Å². The first-order valence-electron chi connectivity index (χ1n) is 8.55. The molecule has 3 aromatic rings. The Hall–Kier alpha value is -2.75. The van der Waals surface area contributed by atoms with Crippen molar-refractivity contribution in [1.82, 2.24) is 10.1 Å². The maximum absolute atomic E-state index is 12.4. The normalized spacial score (nSPS) is 11.1. The number of amides is 2. The molecule has 0 bridgehead atoms. The van der Waals surface area contributed by atoms with Crippen LogP contribution >= 0.6 is 22.6 Å². The van der Waals surface area contributed by atoms with Crippen LogP contribution in [0.3, 0.4) is 0 Å². The lowest BCUT2D eigenvalue weighted by Gasteiger charge is -2.12. The van der Waals surface area contributed by atoms with E-state index in [2.05, 4.69) is 20.8 Å². The lowest BCUT2D eigenvalue weighted by molar-refractivity contribution is 0.101. The number of aromatic nitrogens is 2. The zero-order chi connectivity index (χ0) is 20.3. The smallest absolute Gasteiger partial charge is 0.274 e. The van der Waals surface area contributed by atoms with Gasteiger partial charge >= 0.3 is 0 Å². The summed E-state index contributed by atoms with van der Waals surface area (Å²) in [5, 5.41) is 9.33. The monoisotopic (exact) mass is 490 g/mol. The van der Waals surface area contributed by atoms with Crippen LogP contribution in [0.4, 0.5) is 11.5 Å². The third-order valence-corrected chi connectivity index (χ3v) is 4.44. The number of hydrogen-bond donors (Lipinski definition) is 2. The van der Waals surface area contributed by atoms with Crippen LogP contribution in [0.5, 0.6) is 0 Å². The highest BCUT2D eigenvalue weighted by atomic mass is 127. The first kappa shape index (κ1) is 20.0. The van der Waals surface area contributed by atoms with Crippen molar-refractivity contribution in [2.45, 2.75) is 26.2 Å². The molecule has 0 saturated heterocycles. The Balaban J connectivity index is 1.64. The number of rotatable bonds is 4. The van der Waals surface area contributed by atoms with E-state index in [-0.39, 0.29) is 17.2 Å². The Morgan fingerprint density at radius 1 is 1.00 bits per heavy atom. The molecule has 0 radical (unpaired) electrons. The van der Waals surface area contributed by atoms with Crippen molar-refractivity contribution in [3.8, 4) is 0 Å². The second kappa shape index (κ2) is 8.09. The molecule has 0 saturated carbocycles. The highest BCUT2D eigenvalue weighted by molar-refractivity contribution is 14.1. The summed E-state index contributed by atoms with van der Waals surface area (Å²) in [6.45, 7) is 5.99. The van der Waals surface area contributed by atoms with Gasteiger partial charge in [0.25, 0.3) is 11.8 Å². The molecule has 7 nitrogen and oxygen atoms in total. The van der Waals surface area contributed by atoms with E-state index in [4.69, 9.17) is 4.52 Å². The van der Waals surface area contributed by atoms with E-state index in [0.717, 1.165) is 3.70 Å². The van der Waals surface area contributed by atoms with Crippen LogP contribution in [0.2, 0.25) is 0 Å². The third kappa shape index (κ3) is 4.94. The number of halogens is 1. The first-order chi connectivity index (χ1) is 13.2. The van der Waals surface area contributed by atoms with Crippen molar-refractivity contribution < 1.29 is 14.1 Å². The predicted molar refractivity (Wildman–Crippen MR) is 115 cm³/mol. The minimum absolute atomic E-state index is 0.193. The van der Waals surface area contributed by atoms with E-state index < -0.39 is 0 Å². The van der Waals surface area contributed by atoms with E-state index in [9.17, 15) is 9.59 Å². The van der Waals surface area contributed by atoms with Gasteiger partial charge in [-0.15, -0.1) is 0 Å². The van der Waals surface area contributed by atoms with Crippen molar-refractivity contribution in [3.63, 3.8) is 0 Å². The summed E-state index contributed by atoms with van der Waals surface area (Å²) < 4.78 is 6.00. The van der Waals surface area contributed by atoms with Crippen molar-refractivity contribution in [3.05, 3.63) is 69.2 Å². The fourth-order valence-electron chi connectivity index (χ4n) is 2.31. The molecule has 2 N–H and O–H groups in total. The maximum atomic E-state index is 12.4. The van der Waals surface area contributed by atoms with Gasteiger partial charge in [0.15, 0.2) is 5.82 Å². The number of carbonyl (C=O) groups excluding carboxylic acids is 2. The summed E-state index contributed by atoms with van der Waals surface area (Å²) >= 11 is 2.05. The Kier molecular flexibility index (Phi) is 5.78. The zero-order valence-electron chi connectivity index (χ0n) is 15.6. The van der Waals surface area contributed by atoms with E-state index in [1.807, 2.05) is 49.4 Å². The first-order valence-corrected chi connectivity index (χ1v) is 9.63. The van der Waals surface area contributed by atoms with Crippen LogP contribution < -0.4 is 10.6 Å². The fourth-order valence-corrected chi connectivity index (χ4v) is 2.78. The van der Waals surface area contributed by atoms with Crippen LogP contribution in [0.1, 0.15) is 47.4 Å². The zero-order valence-corrected chi connectivity index (χ0v) is 17.8. The summed E-state index contributed by atoms with van der Waals surface area (Å²) in [5.41, 5.74) is 1.14. The van der Waals surface area contributed by atoms with E-state index in [1.54, 1.807) is 42.5 Å². The lowest BCUT2D eigenvalue weighted by Crippen LogP contribution is -2.15. The van der Waals surface area contributed by atoms with Crippen LogP contribution in [-0.4, -0.2) is 22.0 Å². The minimum atomic E-state index is -0.314. The van der Waals surface area contributed by atoms with E-state index in [1.165, 1.54) is 0 Å². The molecule has 3 rings (SSSR count). The standard InChI is InChI=1S/C20H19IN4O3/c1-20(2,3)15-11-17(25-28-15)24-18(26)12-7-9-13(10-8-12)22-19(27)14-5-4-6-16(21)23-14/h4-11H,1-3H3,(H,22,27)(H,24,25,26). The maximum Gasteiger partial charge on any atom is 0.274 e. The van der Waals surface area contributed by atoms with Crippen LogP contribution in [-0.2, 0) is 5.41 Å². The molecule has 28 heavy (non-hydrogen) atoms. The number of hydrogen-bond acceptors (Lipinski definition) is 5. The molecule has 0 aliphatic rings. The Morgan fingerprint density at radius 3 is 2.32 bits per heavy atom. The summed E-state index contributed by atoms with van der Waals surface area (Å²) in [5.74, 6) is 0.418. The molecule has 2 heterocycles. The molecule has 144 valence electrons. The number of benzene rings is 1.